The maximum Gasteiger partial charge on any atom is 0.112 e. The van der Waals surface area contributed by atoms with Gasteiger partial charge in [0.1, 0.15) is 5.82 Å². The van der Waals surface area contributed by atoms with Crippen LogP contribution in [-0.4, -0.2) is 29.3 Å². The van der Waals surface area contributed by atoms with Gasteiger partial charge in [-0.2, -0.15) is 0 Å². The Labute approximate surface area is 105 Å². The lowest BCUT2D eigenvalue weighted by Gasteiger charge is -2.12. The Morgan fingerprint density at radius 2 is 2.29 bits per heavy atom. The Bertz CT molecular complexity index is 520. The Morgan fingerprint density at radius 3 is 2.94 bits per heavy atom. The Kier molecular flexibility index (Phi) is 3.66. The molecule has 0 radical (unpaired) electrons. The molecule has 17 heavy (non-hydrogen) atoms. The average Bonchev–Trinajstić information content (AvgIpc) is 2.63. The van der Waals surface area contributed by atoms with E-state index in [2.05, 4.69) is 4.98 Å². The zero-order chi connectivity index (χ0) is 12.4. The minimum atomic E-state index is 0.000911. The Balaban J connectivity index is 2.38. The molecule has 1 aromatic carbocycles. The van der Waals surface area contributed by atoms with Crippen LogP contribution in [-0.2, 0) is 18.2 Å². The van der Waals surface area contributed by atoms with E-state index in [-0.39, 0.29) is 6.10 Å². The highest BCUT2D eigenvalue weighted by molar-refractivity contribution is 6.31. The number of nitrogens with zero attached hydrogens (tertiary/aromatic N) is 2. The van der Waals surface area contributed by atoms with Crippen molar-refractivity contribution in [3.63, 3.8) is 0 Å². The third-order valence-corrected chi connectivity index (χ3v) is 3.18. The number of rotatable bonds is 4. The molecular formula is C12H16ClN3O. The van der Waals surface area contributed by atoms with Crippen molar-refractivity contribution in [1.82, 2.24) is 9.55 Å². The second kappa shape index (κ2) is 5.04. The Morgan fingerprint density at radius 1 is 1.53 bits per heavy atom. The van der Waals surface area contributed by atoms with Gasteiger partial charge in [0.25, 0.3) is 0 Å². The van der Waals surface area contributed by atoms with E-state index in [1.165, 1.54) is 0 Å². The second-order valence-electron chi connectivity index (χ2n) is 4.02. The molecule has 0 spiro atoms. The molecule has 0 amide bonds. The fraction of sp³-hybridized carbons (Fsp3) is 0.417. The van der Waals surface area contributed by atoms with E-state index in [9.17, 15) is 0 Å². The number of hydrogen-bond acceptors (Lipinski definition) is 3. The minimum absolute atomic E-state index is 0.000911. The van der Waals surface area contributed by atoms with Gasteiger partial charge in [-0.1, -0.05) is 11.6 Å². The van der Waals surface area contributed by atoms with Crippen LogP contribution in [0.3, 0.4) is 0 Å². The minimum Gasteiger partial charge on any atom is -0.380 e. The monoisotopic (exact) mass is 253 g/mol. The maximum absolute atomic E-state index is 5.97. The number of methoxy groups -OCH3 is 1. The molecule has 2 rings (SSSR count). The lowest BCUT2D eigenvalue weighted by Crippen LogP contribution is -2.25. The number of ether oxygens (including phenoxy) is 1. The fourth-order valence-corrected chi connectivity index (χ4v) is 2.03. The van der Waals surface area contributed by atoms with Gasteiger partial charge in [0, 0.05) is 32.1 Å². The summed E-state index contributed by atoms with van der Waals surface area (Å²) in [6.45, 7) is 0.487. The van der Waals surface area contributed by atoms with Crippen LogP contribution in [0, 0.1) is 0 Å². The van der Waals surface area contributed by atoms with Crippen molar-refractivity contribution in [2.45, 2.75) is 12.5 Å². The summed E-state index contributed by atoms with van der Waals surface area (Å²) >= 11 is 5.97. The zero-order valence-corrected chi connectivity index (χ0v) is 10.7. The summed E-state index contributed by atoms with van der Waals surface area (Å²) in [4.78, 5) is 4.56. The molecule has 0 aliphatic rings. The molecule has 4 nitrogen and oxygen atoms in total. The highest BCUT2D eigenvalue weighted by Gasteiger charge is 2.13. The number of hydrogen-bond donors (Lipinski definition) is 1. The van der Waals surface area contributed by atoms with Gasteiger partial charge in [-0.3, -0.25) is 0 Å². The second-order valence-corrected chi connectivity index (χ2v) is 4.45. The molecule has 1 unspecified atom stereocenters. The lowest BCUT2D eigenvalue weighted by atomic mass is 10.2. The summed E-state index contributed by atoms with van der Waals surface area (Å²) in [7, 11) is 3.64. The number of aromatic nitrogens is 2. The highest BCUT2D eigenvalue weighted by atomic mass is 35.5. The standard InChI is InChI=1S/C12H16ClN3O/c1-16-11-5-8(13)3-4-10(11)15-12(16)6-9(7-14)17-2/h3-5,9H,6-7,14H2,1-2H3. The van der Waals surface area contributed by atoms with Gasteiger partial charge in [-0.15, -0.1) is 0 Å². The van der Waals surface area contributed by atoms with E-state index in [4.69, 9.17) is 22.1 Å². The molecular weight excluding hydrogens is 238 g/mol. The van der Waals surface area contributed by atoms with Crippen LogP contribution >= 0.6 is 11.6 Å². The first kappa shape index (κ1) is 12.4. The molecule has 2 N–H and O–H groups in total. The van der Waals surface area contributed by atoms with Crippen LogP contribution in [0.15, 0.2) is 18.2 Å². The van der Waals surface area contributed by atoms with Crippen molar-refractivity contribution in [3.8, 4) is 0 Å². The molecule has 0 saturated carbocycles. The predicted molar refractivity (Wildman–Crippen MR) is 69.3 cm³/mol. The number of benzene rings is 1. The summed E-state index contributed by atoms with van der Waals surface area (Å²) < 4.78 is 7.30. The molecule has 1 aromatic heterocycles. The van der Waals surface area contributed by atoms with Gasteiger partial charge in [-0.05, 0) is 18.2 Å². The van der Waals surface area contributed by atoms with Crippen LogP contribution in [0.2, 0.25) is 5.02 Å². The van der Waals surface area contributed by atoms with E-state index >= 15 is 0 Å². The SMILES string of the molecule is COC(CN)Cc1nc2ccc(Cl)cc2n1C. The van der Waals surface area contributed by atoms with E-state index in [0.29, 0.717) is 18.0 Å². The van der Waals surface area contributed by atoms with Gasteiger partial charge < -0.3 is 15.0 Å². The molecule has 5 heteroatoms. The maximum atomic E-state index is 5.97. The van der Waals surface area contributed by atoms with Crippen molar-refractivity contribution in [2.75, 3.05) is 13.7 Å². The summed E-state index contributed by atoms with van der Waals surface area (Å²) in [5.74, 6) is 0.958. The van der Waals surface area contributed by atoms with E-state index in [1.54, 1.807) is 7.11 Å². The van der Waals surface area contributed by atoms with E-state index in [0.717, 1.165) is 16.9 Å². The number of aryl methyl sites for hydroxylation is 1. The largest absolute Gasteiger partial charge is 0.380 e. The molecule has 0 saturated heterocycles. The smallest absolute Gasteiger partial charge is 0.112 e. The Hall–Kier alpha value is -1.10. The van der Waals surface area contributed by atoms with Crippen LogP contribution in [0.1, 0.15) is 5.82 Å². The number of imidazole rings is 1. The number of fused-ring (bicyclic) bond motifs is 1. The zero-order valence-electron chi connectivity index (χ0n) is 9.98. The van der Waals surface area contributed by atoms with Crippen LogP contribution < -0.4 is 5.73 Å². The summed E-state index contributed by atoms with van der Waals surface area (Å²) in [6, 6.07) is 5.68. The number of halogens is 1. The van der Waals surface area contributed by atoms with Gasteiger partial charge in [0.15, 0.2) is 0 Å². The normalized spacial score (nSPS) is 13.2. The molecule has 0 aliphatic heterocycles. The van der Waals surface area contributed by atoms with E-state index in [1.807, 2.05) is 29.8 Å². The summed E-state index contributed by atoms with van der Waals surface area (Å²) in [5.41, 5.74) is 7.59. The summed E-state index contributed by atoms with van der Waals surface area (Å²) in [5, 5.41) is 0.717. The van der Waals surface area contributed by atoms with Gasteiger partial charge in [0.2, 0.25) is 0 Å². The molecule has 1 heterocycles. The first-order valence-corrected chi connectivity index (χ1v) is 5.87. The van der Waals surface area contributed by atoms with Gasteiger partial charge in [-0.25, -0.2) is 4.98 Å². The molecule has 2 aromatic rings. The van der Waals surface area contributed by atoms with Crippen LogP contribution in [0.25, 0.3) is 11.0 Å². The quantitative estimate of drug-likeness (QED) is 0.903. The lowest BCUT2D eigenvalue weighted by molar-refractivity contribution is 0.108. The van der Waals surface area contributed by atoms with Crippen molar-refractivity contribution < 1.29 is 4.74 Å². The topological polar surface area (TPSA) is 53.1 Å². The first-order chi connectivity index (χ1) is 8.15. The summed E-state index contributed by atoms with van der Waals surface area (Å²) in [6.07, 6.45) is 0.705. The molecule has 0 fully saturated rings. The molecule has 0 aliphatic carbocycles. The highest BCUT2D eigenvalue weighted by Crippen LogP contribution is 2.20. The molecule has 1 atom stereocenters. The number of nitrogens with two attached hydrogens (primary N) is 1. The van der Waals surface area contributed by atoms with Gasteiger partial charge in [0.05, 0.1) is 17.1 Å². The van der Waals surface area contributed by atoms with Crippen molar-refractivity contribution in [3.05, 3.63) is 29.0 Å². The third-order valence-electron chi connectivity index (χ3n) is 2.94. The van der Waals surface area contributed by atoms with Crippen molar-refractivity contribution in [2.24, 2.45) is 12.8 Å². The van der Waals surface area contributed by atoms with Crippen molar-refractivity contribution >= 4 is 22.6 Å². The fourth-order valence-electron chi connectivity index (χ4n) is 1.86. The predicted octanol–water partition coefficient (Wildman–Crippen LogP) is 1.74. The average molecular weight is 254 g/mol. The first-order valence-electron chi connectivity index (χ1n) is 5.49. The van der Waals surface area contributed by atoms with Crippen LogP contribution in [0.4, 0.5) is 0 Å². The molecule has 92 valence electrons. The van der Waals surface area contributed by atoms with Gasteiger partial charge >= 0.3 is 0 Å². The van der Waals surface area contributed by atoms with Crippen LogP contribution in [0.5, 0.6) is 0 Å². The van der Waals surface area contributed by atoms with E-state index < -0.39 is 0 Å². The van der Waals surface area contributed by atoms with Crippen molar-refractivity contribution in [1.29, 1.82) is 0 Å². The third kappa shape index (κ3) is 2.44. The molecule has 0 bridgehead atoms.